The van der Waals surface area contributed by atoms with Gasteiger partial charge in [0.2, 0.25) is 0 Å². The fourth-order valence-electron chi connectivity index (χ4n) is 1.17. The van der Waals surface area contributed by atoms with E-state index in [1.54, 1.807) is 0 Å². The highest BCUT2D eigenvalue weighted by atomic mass is 15.1. The molecule has 0 unspecified atom stereocenters. The molecule has 0 atom stereocenters. The number of rotatable bonds is 3. The summed E-state index contributed by atoms with van der Waals surface area (Å²) in [6.07, 6.45) is 0. The predicted molar refractivity (Wildman–Crippen MR) is 65.2 cm³/mol. The van der Waals surface area contributed by atoms with Crippen molar-refractivity contribution in [2.75, 3.05) is 19.0 Å². The van der Waals surface area contributed by atoms with E-state index < -0.39 is 0 Å². The summed E-state index contributed by atoms with van der Waals surface area (Å²) in [5, 5.41) is 3.42. The highest BCUT2D eigenvalue weighted by molar-refractivity contribution is 5.36. The normalized spacial score (nSPS) is 11.5. The summed E-state index contributed by atoms with van der Waals surface area (Å²) in [4.78, 5) is 6.55. The Bertz CT molecular complexity index is 313. The van der Waals surface area contributed by atoms with E-state index in [4.69, 9.17) is 0 Å². The van der Waals surface area contributed by atoms with Gasteiger partial charge in [0.25, 0.3) is 0 Å². The first kappa shape index (κ1) is 12.0. The Morgan fingerprint density at radius 2 is 1.93 bits per heavy atom. The van der Waals surface area contributed by atoms with Gasteiger partial charge < -0.3 is 10.2 Å². The lowest BCUT2D eigenvalue weighted by Gasteiger charge is -2.20. The second-order valence-electron chi connectivity index (χ2n) is 4.99. The highest BCUT2D eigenvalue weighted by Crippen LogP contribution is 2.08. The van der Waals surface area contributed by atoms with Gasteiger partial charge in [0, 0.05) is 26.2 Å². The zero-order valence-corrected chi connectivity index (χ0v) is 10.3. The van der Waals surface area contributed by atoms with Crippen LogP contribution >= 0.6 is 0 Å². The predicted octanol–water partition coefficient (Wildman–Crippen LogP) is 2.04. The van der Waals surface area contributed by atoms with Crippen LogP contribution in [-0.4, -0.2) is 24.6 Å². The molecule has 0 aromatic carbocycles. The minimum absolute atomic E-state index is 0.135. The number of nitrogens with zero attached hydrogens (tertiary/aromatic N) is 2. The summed E-state index contributed by atoms with van der Waals surface area (Å²) >= 11 is 0. The van der Waals surface area contributed by atoms with Crippen LogP contribution < -0.4 is 10.2 Å². The number of hydrogen-bond acceptors (Lipinski definition) is 3. The van der Waals surface area contributed by atoms with Crippen LogP contribution in [0.2, 0.25) is 0 Å². The zero-order chi connectivity index (χ0) is 11.5. The standard InChI is InChI=1S/C12H21N3/c1-12(2,3)13-9-10-7-6-8-11(14-10)15(4)5/h6-8,13H,9H2,1-5H3. The van der Waals surface area contributed by atoms with Crippen molar-refractivity contribution in [3.8, 4) is 0 Å². The number of anilines is 1. The third-order valence-corrected chi connectivity index (χ3v) is 2.05. The Morgan fingerprint density at radius 1 is 1.27 bits per heavy atom. The molecule has 1 N–H and O–H groups in total. The maximum atomic E-state index is 4.54. The van der Waals surface area contributed by atoms with Crippen molar-refractivity contribution in [1.82, 2.24) is 10.3 Å². The molecular formula is C12H21N3. The molecule has 0 radical (unpaired) electrons. The van der Waals surface area contributed by atoms with E-state index in [2.05, 4.69) is 31.1 Å². The molecule has 3 nitrogen and oxygen atoms in total. The van der Waals surface area contributed by atoms with Crippen LogP contribution in [0, 0.1) is 0 Å². The summed E-state index contributed by atoms with van der Waals surface area (Å²) < 4.78 is 0. The van der Waals surface area contributed by atoms with Crippen LogP contribution in [0.5, 0.6) is 0 Å². The first-order valence-electron chi connectivity index (χ1n) is 5.27. The molecule has 0 saturated heterocycles. The SMILES string of the molecule is CN(C)c1cccc(CNC(C)(C)C)n1. The fraction of sp³-hybridized carbons (Fsp3) is 0.583. The molecule has 0 saturated carbocycles. The maximum absolute atomic E-state index is 4.54. The lowest BCUT2D eigenvalue weighted by molar-refractivity contribution is 0.421. The largest absolute Gasteiger partial charge is 0.363 e. The van der Waals surface area contributed by atoms with Crippen molar-refractivity contribution in [3.05, 3.63) is 23.9 Å². The van der Waals surface area contributed by atoms with Gasteiger partial charge in [0.15, 0.2) is 0 Å². The van der Waals surface area contributed by atoms with Crippen molar-refractivity contribution < 1.29 is 0 Å². The molecule has 0 bridgehead atoms. The Morgan fingerprint density at radius 3 is 2.47 bits per heavy atom. The van der Waals surface area contributed by atoms with E-state index in [1.807, 2.05) is 37.2 Å². The molecule has 0 aliphatic rings. The van der Waals surface area contributed by atoms with Gasteiger partial charge in [0.1, 0.15) is 5.82 Å². The van der Waals surface area contributed by atoms with Gasteiger partial charge in [0.05, 0.1) is 5.69 Å². The topological polar surface area (TPSA) is 28.2 Å². The third-order valence-electron chi connectivity index (χ3n) is 2.05. The molecule has 1 rings (SSSR count). The van der Waals surface area contributed by atoms with Gasteiger partial charge in [-0.2, -0.15) is 0 Å². The molecule has 1 aromatic heterocycles. The summed E-state index contributed by atoms with van der Waals surface area (Å²) in [5.41, 5.74) is 1.21. The summed E-state index contributed by atoms with van der Waals surface area (Å²) in [5.74, 6) is 1.00. The summed E-state index contributed by atoms with van der Waals surface area (Å²) in [6, 6.07) is 6.11. The van der Waals surface area contributed by atoms with E-state index in [1.165, 1.54) is 0 Å². The molecular weight excluding hydrogens is 186 g/mol. The van der Waals surface area contributed by atoms with Crippen molar-refractivity contribution >= 4 is 5.82 Å². The van der Waals surface area contributed by atoms with Crippen LogP contribution in [0.4, 0.5) is 5.82 Å². The average Bonchev–Trinajstić information content (AvgIpc) is 2.14. The van der Waals surface area contributed by atoms with Crippen LogP contribution in [0.1, 0.15) is 26.5 Å². The van der Waals surface area contributed by atoms with Gasteiger partial charge in [-0.05, 0) is 32.9 Å². The number of pyridine rings is 1. The molecule has 0 aliphatic heterocycles. The third kappa shape index (κ3) is 4.30. The van der Waals surface area contributed by atoms with E-state index in [0.29, 0.717) is 0 Å². The first-order chi connectivity index (χ1) is 6.88. The lowest BCUT2D eigenvalue weighted by Crippen LogP contribution is -2.35. The first-order valence-corrected chi connectivity index (χ1v) is 5.27. The van der Waals surface area contributed by atoms with Gasteiger partial charge in [-0.15, -0.1) is 0 Å². The molecule has 1 aromatic rings. The van der Waals surface area contributed by atoms with Crippen LogP contribution in [0.25, 0.3) is 0 Å². The quantitative estimate of drug-likeness (QED) is 0.822. The molecule has 3 heteroatoms. The minimum atomic E-state index is 0.135. The van der Waals surface area contributed by atoms with E-state index in [0.717, 1.165) is 18.1 Å². The second-order valence-corrected chi connectivity index (χ2v) is 4.99. The number of aromatic nitrogens is 1. The number of nitrogens with one attached hydrogen (secondary N) is 1. The smallest absolute Gasteiger partial charge is 0.128 e. The van der Waals surface area contributed by atoms with Crippen molar-refractivity contribution in [2.45, 2.75) is 32.9 Å². The van der Waals surface area contributed by atoms with E-state index in [-0.39, 0.29) is 5.54 Å². The van der Waals surface area contributed by atoms with Gasteiger partial charge in [-0.25, -0.2) is 4.98 Å². The average molecular weight is 207 g/mol. The number of hydrogen-bond donors (Lipinski definition) is 1. The Labute approximate surface area is 92.5 Å². The fourth-order valence-corrected chi connectivity index (χ4v) is 1.17. The van der Waals surface area contributed by atoms with E-state index >= 15 is 0 Å². The van der Waals surface area contributed by atoms with Crippen LogP contribution in [-0.2, 0) is 6.54 Å². The van der Waals surface area contributed by atoms with E-state index in [9.17, 15) is 0 Å². The van der Waals surface area contributed by atoms with Crippen molar-refractivity contribution in [3.63, 3.8) is 0 Å². The van der Waals surface area contributed by atoms with Gasteiger partial charge in [-0.1, -0.05) is 6.07 Å². The van der Waals surface area contributed by atoms with Crippen molar-refractivity contribution in [1.29, 1.82) is 0 Å². The summed E-state index contributed by atoms with van der Waals surface area (Å²) in [7, 11) is 4.01. The Hall–Kier alpha value is -1.09. The van der Waals surface area contributed by atoms with Crippen LogP contribution in [0.15, 0.2) is 18.2 Å². The minimum Gasteiger partial charge on any atom is -0.363 e. The Kier molecular flexibility index (Phi) is 3.69. The molecule has 84 valence electrons. The monoisotopic (exact) mass is 207 g/mol. The second kappa shape index (κ2) is 4.62. The molecule has 0 aliphatic carbocycles. The van der Waals surface area contributed by atoms with Crippen molar-refractivity contribution in [2.24, 2.45) is 0 Å². The maximum Gasteiger partial charge on any atom is 0.128 e. The molecule has 15 heavy (non-hydrogen) atoms. The highest BCUT2D eigenvalue weighted by Gasteiger charge is 2.09. The summed E-state index contributed by atoms with van der Waals surface area (Å²) in [6.45, 7) is 7.28. The molecule has 0 fully saturated rings. The van der Waals surface area contributed by atoms with Gasteiger partial charge in [-0.3, -0.25) is 0 Å². The lowest BCUT2D eigenvalue weighted by atomic mass is 10.1. The van der Waals surface area contributed by atoms with Gasteiger partial charge >= 0.3 is 0 Å². The molecule has 0 spiro atoms. The zero-order valence-electron chi connectivity index (χ0n) is 10.3. The molecule has 1 heterocycles. The molecule has 0 amide bonds. The Balaban J connectivity index is 2.66. The van der Waals surface area contributed by atoms with Crippen LogP contribution in [0.3, 0.4) is 0 Å².